The summed E-state index contributed by atoms with van der Waals surface area (Å²) in [4.78, 5) is 30.5. The highest BCUT2D eigenvalue weighted by Gasteiger charge is 2.40. The monoisotopic (exact) mass is 204 g/mol. The molecule has 0 saturated carbocycles. The van der Waals surface area contributed by atoms with Gasteiger partial charge in [0.1, 0.15) is 0 Å². The van der Waals surface area contributed by atoms with Crippen molar-refractivity contribution in [2.24, 2.45) is 0 Å². The van der Waals surface area contributed by atoms with Gasteiger partial charge in [-0.2, -0.15) is 0 Å². The van der Waals surface area contributed by atoms with Crippen LogP contribution in [-0.2, 0) is 14.4 Å². The van der Waals surface area contributed by atoms with E-state index in [1.165, 1.54) is 0 Å². The Hall–Kier alpha value is -1.63. The zero-order valence-corrected chi connectivity index (χ0v) is 6.43. The standard InChI is InChI=1S/C6H8O7/c7-3(8)1-6(13,5(11)12)2-4(9)10/h13H,1-2H2,(H,7,8)(H,9,10)(H,11,12)/i1+2,2+2,3+2,4+2,5+2,6+2. The van der Waals surface area contributed by atoms with Crippen LogP contribution in [-0.4, -0.2) is 43.9 Å². The van der Waals surface area contributed by atoms with Crippen LogP contribution in [0.1, 0.15) is 12.8 Å². The Kier molecular flexibility index (Phi) is 3.37. The average Bonchev–Trinajstić information content (AvgIpc) is 1.82. The highest BCUT2D eigenvalue weighted by molar-refractivity contribution is 5.88. The average molecular weight is 204 g/mol. The van der Waals surface area contributed by atoms with Crippen LogP contribution < -0.4 is 0 Å². The van der Waals surface area contributed by atoms with Crippen molar-refractivity contribution in [1.29, 1.82) is 0 Å². The first-order valence-electron chi connectivity index (χ1n) is 3.17. The van der Waals surface area contributed by atoms with Gasteiger partial charge in [-0.15, -0.1) is 0 Å². The van der Waals surface area contributed by atoms with E-state index in [-0.39, 0.29) is 0 Å². The van der Waals surface area contributed by atoms with Crippen molar-refractivity contribution >= 4 is 17.9 Å². The van der Waals surface area contributed by atoms with Gasteiger partial charge in [-0.25, -0.2) is 4.79 Å². The van der Waals surface area contributed by atoms with E-state index < -0.39 is 36.4 Å². The summed E-state index contributed by atoms with van der Waals surface area (Å²) in [5.41, 5.74) is -2.74. The Morgan fingerprint density at radius 3 is 1.38 bits per heavy atom. The molecule has 74 valence electrons. The Bertz CT molecular complexity index is 227. The molecule has 7 heteroatoms. The molecule has 13 heavy (non-hydrogen) atoms. The molecule has 0 heterocycles. The van der Waals surface area contributed by atoms with Crippen molar-refractivity contribution in [3.8, 4) is 0 Å². The number of carbonyl (C=O) groups is 3. The van der Waals surface area contributed by atoms with Gasteiger partial charge in [-0.05, 0) is 0 Å². The molecule has 0 aliphatic heterocycles. The molecule has 0 aliphatic rings. The molecular formula is C6H8O7. The van der Waals surface area contributed by atoms with Gasteiger partial charge in [0.2, 0.25) is 0 Å². The topological polar surface area (TPSA) is 132 Å². The highest BCUT2D eigenvalue weighted by Crippen LogP contribution is 2.15. The van der Waals surface area contributed by atoms with Gasteiger partial charge in [0.15, 0.2) is 5.60 Å². The molecule has 0 bridgehead atoms. The predicted molar refractivity (Wildman–Crippen MR) is 37.1 cm³/mol. The second-order valence-electron chi connectivity index (χ2n) is 2.48. The van der Waals surface area contributed by atoms with E-state index in [2.05, 4.69) is 0 Å². The fourth-order valence-corrected chi connectivity index (χ4v) is 0.714. The second kappa shape index (κ2) is 3.85. The van der Waals surface area contributed by atoms with Gasteiger partial charge in [-0.3, -0.25) is 9.59 Å². The summed E-state index contributed by atoms with van der Waals surface area (Å²) in [6.45, 7) is 0. The van der Waals surface area contributed by atoms with Crippen LogP contribution in [0.4, 0.5) is 0 Å². The van der Waals surface area contributed by atoms with Crippen molar-refractivity contribution in [1.82, 2.24) is 0 Å². The maximum atomic E-state index is 10.3. The fraction of sp³-hybridized carbons (Fsp3) is 0.500. The van der Waals surface area contributed by atoms with Gasteiger partial charge in [0.05, 0.1) is 12.8 Å². The molecular weight excluding hydrogens is 196 g/mol. The van der Waals surface area contributed by atoms with Crippen LogP contribution in [0, 0.1) is 0 Å². The van der Waals surface area contributed by atoms with Gasteiger partial charge in [0.25, 0.3) is 0 Å². The van der Waals surface area contributed by atoms with Crippen LogP contribution in [0.3, 0.4) is 0 Å². The molecule has 0 aliphatic carbocycles. The quantitative estimate of drug-likeness (QED) is 0.439. The maximum Gasteiger partial charge on any atom is 0.336 e. The second-order valence-corrected chi connectivity index (χ2v) is 2.48. The molecule has 0 radical (unpaired) electrons. The molecule has 0 aromatic heterocycles. The lowest BCUT2D eigenvalue weighted by atomic mass is 11.9. The first kappa shape index (κ1) is 11.4. The molecule has 7 nitrogen and oxygen atoms in total. The van der Waals surface area contributed by atoms with Gasteiger partial charge < -0.3 is 20.4 Å². The van der Waals surface area contributed by atoms with Crippen LogP contribution in [0.2, 0.25) is 0 Å². The summed E-state index contributed by atoms with van der Waals surface area (Å²) in [5.74, 6) is -5.02. The predicted octanol–water partition coefficient (Wildman–Crippen LogP) is -1.25. The number of aliphatic hydroxyl groups is 1. The SMILES string of the molecule is O=[14C](O)[14CH2][14C](O)([14CH2][14C](=O)O)[14C](=O)O. The summed E-state index contributed by atoms with van der Waals surface area (Å²) >= 11 is 0. The molecule has 0 rings (SSSR count). The van der Waals surface area contributed by atoms with Gasteiger partial charge in [-0.1, -0.05) is 0 Å². The molecule has 0 aromatic carbocycles. The van der Waals surface area contributed by atoms with Crippen molar-refractivity contribution < 1.29 is 34.8 Å². The summed E-state index contributed by atoms with van der Waals surface area (Å²) in [6.07, 6.45) is -2.29. The first-order chi connectivity index (χ1) is 5.78. The highest BCUT2D eigenvalue weighted by atomic mass is 16.9. The van der Waals surface area contributed by atoms with Crippen LogP contribution in [0.25, 0.3) is 0 Å². The van der Waals surface area contributed by atoms with Crippen molar-refractivity contribution in [2.45, 2.75) is 18.4 Å². The van der Waals surface area contributed by atoms with Crippen LogP contribution >= 0.6 is 0 Å². The largest absolute Gasteiger partial charge is 0.481 e. The van der Waals surface area contributed by atoms with E-state index in [1.807, 2.05) is 0 Å². The number of aliphatic carboxylic acids is 3. The molecule has 0 unspecified atom stereocenters. The summed E-state index contributed by atoms with van der Waals surface area (Å²) in [6, 6.07) is 0. The third-order valence-electron chi connectivity index (χ3n) is 1.29. The molecule has 0 amide bonds. The van der Waals surface area contributed by atoms with Crippen molar-refractivity contribution in [2.75, 3.05) is 0 Å². The Morgan fingerprint density at radius 2 is 1.23 bits per heavy atom. The minimum absolute atomic E-state index is 1.14. The molecule has 4 N–H and O–H groups in total. The number of rotatable bonds is 5. The lowest BCUT2D eigenvalue weighted by Crippen LogP contribution is -2.42. The Labute approximate surface area is 72.2 Å². The molecule has 0 saturated heterocycles. The Morgan fingerprint density at radius 1 is 0.923 bits per heavy atom. The lowest BCUT2D eigenvalue weighted by molar-refractivity contribution is -0.170. The zero-order chi connectivity index (χ0) is 10.6. The molecule has 0 spiro atoms. The first-order valence-corrected chi connectivity index (χ1v) is 3.17. The van der Waals surface area contributed by atoms with Crippen molar-refractivity contribution in [3.05, 3.63) is 0 Å². The smallest absolute Gasteiger partial charge is 0.336 e. The van der Waals surface area contributed by atoms with Crippen LogP contribution in [0.5, 0.6) is 0 Å². The minimum atomic E-state index is -2.74. The fourth-order valence-electron chi connectivity index (χ4n) is 0.714. The summed E-state index contributed by atoms with van der Waals surface area (Å²) in [5, 5.41) is 33.8. The van der Waals surface area contributed by atoms with E-state index in [0.29, 0.717) is 0 Å². The maximum absolute atomic E-state index is 10.3. The van der Waals surface area contributed by atoms with E-state index in [1.54, 1.807) is 0 Å². The van der Waals surface area contributed by atoms with E-state index >= 15 is 0 Å². The number of hydrogen-bond donors (Lipinski definition) is 4. The Balaban J connectivity index is 4.62. The molecule has 0 atom stereocenters. The van der Waals surface area contributed by atoms with Crippen LogP contribution in [0.15, 0.2) is 0 Å². The van der Waals surface area contributed by atoms with Gasteiger partial charge in [0, 0.05) is 0 Å². The number of carboxylic acids is 3. The lowest BCUT2D eigenvalue weighted by Gasteiger charge is -2.18. The third-order valence-corrected chi connectivity index (χ3v) is 1.29. The molecule has 0 aromatic rings. The zero-order valence-electron chi connectivity index (χ0n) is 6.43. The summed E-state index contributed by atoms with van der Waals surface area (Å²) in [7, 11) is 0. The number of carboxylic acid groups (broad SMARTS) is 3. The third kappa shape index (κ3) is 3.52. The van der Waals surface area contributed by atoms with E-state index in [4.69, 9.17) is 20.4 Å². The minimum Gasteiger partial charge on any atom is -0.481 e. The van der Waals surface area contributed by atoms with E-state index in [0.717, 1.165) is 0 Å². The molecule has 0 fully saturated rings. The normalized spacial score (nSPS) is 10.8. The van der Waals surface area contributed by atoms with E-state index in [9.17, 15) is 14.4 Å². The number of hydrogen-bond acceptors (Lipinski definition) is 4. The summed E-state index contributed by atoms with van der Waals surface area (Å²) < 4.78 is 0. The van der Waals surface area contributed by atoms with Crippen molar-refractivity contribution in [3.63, 3.8) is 0 Å². The van der Waals surface area contributed by atoms with Gasteiger partial charge >= 0.3 is 17.9 Å².